The molecule has 0 saturated heterocycles. The summed E-state index contributed by atoms with van der Waals surface area (Å²) in [6, 6.07) is 0. The summed E-state index contributed by atoms with van der Waals surface area (Å²) < 4.78 is 0. The third-order valence-electron chi connectivity index (χ3n) is 0.999. The lowest BCUT2D eigenvalue weighted by Gasteiger charge is -1.89. The smallest absolute Gasteiger partial charge is 0.0988 e. The topological polar surface area (TPSA) is 0 Å². The van der Waals surface area contributed by atoms with E-state index in [2.05, 4.69) is 17.8 Å². The first-order valence-corrected chi connectivity index (χ1v) is 3.42. The fourth-order valence-corrected chi connectivity index (χ4v) is 0.550. The van der Waals surface area contributed by atoms with Gasteiger partial charge in [-0.15, -0.1) is 12.3 Å². The van der Waals surface area contributed by atoms with Crippen molar-refractivity contribution >= 4 is 0 Å². The van der Waals surface area contributed by atoms with E-state index in [1.54, 1.807) is 0 Å². The quantitative estimate of drug-likeness (QED) is 0.379. The second-order valence-electron chi connectivity index (χ2n) is 1.84. The molecule has 0 bridgehead atoms. The Bertz CT molecular complexity index is 192. The van der Waals surface area contributed by atoms with Gasteiger partial charge in [-0.25, -0.2) is 0 Å². The summed E-state index contributed by atoms with van der Waals surface area (Å²) in [7, 11) is 0. The molecule has 0 N–H and O–H groups in total. The molecule has 0 amide bonds. The first-order valence-electron chi connectivity index (χ1n) is 3.42. The molecule has 0 aromatic carbocycles. The number of hydrogen-bond acceptors (Lipinski definition) is 0. The average molecular weight is 132 g/mol. The Hall–Kier alpha value is -1.14. The number of allylic oxidation sites excluding steroid dienone is 2. The van der Waals surface area contributed by atoms with Crippen LogP contribution in [0.4, 0.5) is 0 Å². The van der Waals surface area contributed by atoms with Crippen molar-refractivity contribution < 1.29 is 0 Å². The zero-order chi connectivity index (χ0) is 7.82. The molecule has 0 aliphatic rings. The molecule has 0 aliphatic carbocycles. The fraction of sp³-hybridized carbons (Fsp3) is 0.400. The summed E-state index contributed by atoms with van der Waals surface area (Å²) in [5, 5.41) is 0. The molecule has 0 fully saturated rings. The van der Waals surface area contributed by atoms with Gasteiger partial charge in [-0.2, -0.15) is 0 Å². The van der Waals surface area contributed by atoms with E-state index in [0.29, 0.717) is 0 Å². The average Bonchev–Trinajstić information content (AvgIpc) is 1.98. The van der Waals surface area contributed by atoms with E-state index in [1.165, 1.54) is 0 Å². The summed E-state index contributed by atoms with van der Waals surface area (Å²) in [6.07, 6.45) is 9.91. The Morgan fingerprint density at radius 1 is 1.60 bits per heavy atom. The Morgan fingerprint density at radius 3 is 2.70 bits per heavy atom. The maximum absolute atomic E-state index is 5.20. The number of hydrogen-bond donors (Lipinski definition) is 0. The highest BCUT2D eigenvalue weighted by molar-refractivity contribution is 5.21. The van der Waals surface area contributed by atoms with Crippen LogP contribution in [0.25, 0.3) is 0 Å². The molecule has 10 heavy (non-hydrogen) atoms. The largest absolute Gasteiger partial charge is 0.118 e. The van der Waals surface area contributed by atoms with Crippen LogP contribution >= 0.6 is 0 Å². The van der Waals surface area contributed by atoms with Crippen molar-refractivity contribution in [3.05, 3.63) is 12.2 Å². The van der Waals surface area contributed by atoms with Gasteiger partial charge in [0, 0.05) is 6.42 Å². The summed E-state index contributed by atoms with van der Waals surface area (Å²) >= 11 is 0. The van der Waals surface area contributed by atoms with Gasteiger partial charge in [0.1, 0.15) is 0 Å². The third kappa shape index (κ3) is 3.81. The van der Waals surface area contributed by atoms with Crippen molar-refractivity contribution in [3.63, 3.8) is 0 Å². The molecule has 0 saturated carbocycles. The lowest BCUT2D eigenvalue weighted by atomic mass is 10.1. The Labute approximate surface area is 63.3 Å². The SMILES string of the molecule is C#CC(C#CCC)C=CC. The summed E-state index contributed by atoms with van der Waals surface area (Å²) in [5.74, 6) is 8.47. The van der Waals surface area contributed by atoms with Crippen LogP contribution in [-0.2, 0) is 0 Å². The van der Waals surface area contributed by atoms with E-state index < -0.39 is 0 Å². The zero-order valence-corrected chi connectivity index (χ0v) is 6.52. The van der Waals surface area contributed by atoms with E-state index >= 15 is 0 Å². The monoisotopic (exact) mass is 132 g/mol. The number of rotatable bonds is 1. The Morgan fingerprint density at radius 2 is 2.30 bits per heavy atom. The van der Waals surface area contributed by atoms with Crippen molar-refractivity contribution in [2.75, 3.05) is 0 Å². The predicted molar refractivity (Wildman–Crippen MR) is 45.2 cm³/mol. The summed E-state index contributed by atoms with van der Waals surface area (Å²) in [4.78, 5) is 0. The first-order chi connectivity index (χ1) is 4.85. The molecule has 0 aromatic heterocycles. The van der Waals surface area contributed by atoms with Crippen molar-refractivity contribution in [3.8, 4) is 24.2 Å². The molecular weight excluding hydrogens is 120 g/mol. The molecule has 0 rings (SSSR count). The van der Waals surface area contributed by atoms with E-state index in [1.807, 2.05) is 26.0 Å². The highest BCUT2D eigenvalue weighted by atomic mass is 13.9. The maximum atomic E-state index is 5.20. The molecule has 0 spiro atoms. The normalized spacial score (nSPS) is 11.7. The van der Waals surface area contributed by atoms with Gasteiger partial charge in [0.05, 0.1) is 5.92 Å². The van der Waals surface area contributed by atoms with Gasteiger partial charge in [0.15, 0.2) is 0 Å². The molecule has 52 valence electrons. The minimum absolute atomic E-state index is 0.00458. The van der Waals surface area contributed by atoms with Crippen LogP contribution in [0.1, 0.15) is 20.3 Å². The van der Waals surface area contributed by atoms with E-state index in [0.717, 1.165) is 6.42 Å². The summed E-state index contributed by atoms with van der Waals surface area (Å²) in [5.41, 5.74) is 0. The molecule has 1 atom stereocenters. The van der Waals surface area contributed by atoms with Gasteiger partial charge in [0.2, 0.25) is 0 Å². The first kappa shape index (κ1) is 8.86. The number of terminal acetylenes is 1. The maximum Gasteiger partial charge on any atom is 0.0988 e. The molecule has 0 heterocycles. The van der Waals surface area contributed by atoms with Crippen LogP contribution in [0.15, 0.2) is 12.2 Å². The van der Waals surface area contributed by atoms with Crippen molar-refractivity contribution in [1.29, 1.82) is 0 Å². The van der Waals surface area contributed by atoms with Gasteiger partial charge < -0.3 is 0 Å². The second kappa shape index (κ2) is 5.99. The van der Waals surface area contributed by atoms with Crippen LogP contribution in [0.2, 0.25) is 0 Å². The van der Waals surface area contributed by atoms with E-state index in [-0.39, 0.29) is 5.92 Å². The highest BCUT2D eigenvalue weighted by Gasteiger charge is 1.88. The van der Waals surface area contributed by atoms with Crippen molar-refractivity contribution in [2.24, 2.45) is 5.92 Å². The fourth-order valence-electron chi connectivity index (χ4n) is 0.550. The lowest BCUT2D eigenvalue weighted by Crippen LogP contribution is -1.84. The van der Waals surface area contributed by atoms with Crippen molar-refractivity contribution in [1.82, 2.24) is 0 Å². The van der Waals surface area contributed by atoms with Gasteiger partial charge in [-0.1, -0.05) is 30.9 Å². The van der Waals surface area contributed by atoms with Crippen LogP contribution < -0.4 is 0 Å². The van der Waals surface area contributed by atoms with E-state index in [9.17, 15) is 0 Å². The Kier molecular flexibility index (Phi) is 5.30. The standard InChI is InChI=1S/C10H12/c1-4-7-9-10(6-3)8-5-2/h3,5,8,10H,4H2,1-2H3. The van der Waals surface area contributed by atoms with Crippen LogP contribution in [-0.4, -0.2) is 0 Å². The van der Waals surface area contributed by atoms with Crippen molar-refractivity contribution in [2.45, 2.75) is 20.3 Å². The molecule has 0 heteroatoms. The zero-order valence-electron chi connectivity index (χ0n) is 6.52. The minimum Gasteiger partial charge on any atom is -0.118 e. The highest BCUT2D eigenvalue weighted by Crippen LogP contribution is 1.93. The van der Waals surface area contributed by atoms with Crippen LogP contribution in [0, 0.1) is 30.1 Å². The molecule has 1 unspecified atom stereocenters. The molecule has 0 radical (unpaired) electrons. The van der Waals surface area contributed by atoms with Gasteiger partial charge in [-0.05, 0) is 6.92 Å². The van der Waals surface area contributed by atoms with E-state index in [4.69, 9.17) is 6.42 Å². The molecule has 0 aliphatic heterocycles. The van der Waals surface area contributed by atoms with Gasteiger partial charge >= 0.3 is 0 Å². The van der Waals surface area contributed by atoms with Crippen LogP contribution in [0.3, 0.4) is 0 Å². The molecular formula is C10H12. The molecule has 0 nitrogen and oxygen atoms in total. The Balaban J connectivity index is 3.99. The van der Waals surface area contributed by atoms with Gasteiger partial charge in [-0.3, -0.25) is 0 Å². The van der Waals surface area contributed by atoms with Crippen LogP contribution in [0.5, 0.6) is 0 Å². The summed E-state index contributed by atoms with van der Waals surface area (Å²) in [6.45, 7) is 3.95. The lowest BCUT2D eigenvalue weighted by molar-refractivity contribution is 1.15. The van der Waals surface area contributed by atoms with Gasteiger partial charge in [0.25, 0.3) is 0 Å². The second-order valence-corrected chi connectivity index (χ2v) is 1.84. The molecule has 0 aromatic rings. The minimum atomic E-state index is 0.00458. The third-order valence-corrected chi connectivity index (χ3v) is 0.999. The predicted octanol–water partition coefficient (Wildman–Crippen LogP) is 2.23.